The Morgan fingerprint density at radius 2 is 2.47 bits per heavy atom. The lowest BCUT2D eigenvalue weighted by molar-refractivity contribution is 0.117. The predicted molar refractivity (Wildman–Crippen MR) is 75.2 cm³/mol. The highest BCUT2D eigenvalue weighted by Gasteiger charge is 2.14. The number of rotatable bonds is 6. The summed E-state index contributed by atoms with van der Waals surface area (Å²) in [5, 5.41) is 6.56. The molecule has 106 valence electrons. The minimum Gasteiger partial charge on any atom is -0.376 e. The highest BCUT2D eigenvalue weighted by Crippen LogP contribution is 2.11. The second-order valence-electron chi connectivity index (χ2n) is 4.58. The summed E-state index contributed by atoms with van der Waals surface area (Å²) in [6.45, 7) is 6.25. The van der Waals surface area contributed by atoms with Crippen molar-refractivity contribution in [2.24, 2.45) is 4.99 Å². The number of nitrogens with zero attached hydrogens (tertiary/aromatic N) is 3. The van der Waals surface area contributed by atoms with E-state index in [1.807, 2.05) is 17.1 Å². The van der Waals surface area contributed by atoms with Gasteiger partial charge in [-0.15, -0.1) is 0 Å². The standard InChI is InChI=1S/C13H23N5O/c1-2-15-13(17-10-12-4-3-9-19-12)16-6-8-18-7-5-14-11-18/h5,7,11-12H,2-4,6,8-10H2,1H3,(H2,15,16,17). The van der Waals surface area contributed by atoms with E-state index >= 15 is 0 Å². The molecular formula is C13H23N5O. The zero-order chi connectivity index (χ0) is 13.3. The maximum Gasteiger partial charge on any atom is 0.191 e. The monoisotopic (exact) mass is 265 g/mol. The van der Waals surface area contributed by atoms with E-state index < -0.39 is 0 Å². The van der Waals surface area contributed by atoms with Crippen LogP contribution in [0.4, 0.5) is 0 Å². The van der Waals surface area contributed by atoms with Crippen molar-refractivity contribution in [2.45, 2.75) is 32.4 Å². The minimum absolute atomic E-state index is 0.295. The first-order chi connectivity index (χ1) is 9.38. The largest absolute Gasteiger partial charge is 0.376 e. The topological polar surface area (TPSA) is 63.5 Å². The number of imidazole rings is 1. The predicted octanol–water partition coefficient (Wildman–Crippen LogP) is 0.617. The zero-order valence-electron chi connectivity index (χ0n) is 11.5. The lowest BCUT2D eigenvalue weighted by Crippen LogP contribution is -2.39. The van der Waals surface area contributed by atoms with Crippen LogP contribution in [0.25, 0.3) is 0 Å². The van der Waals surface area contributed by atoms with Crippen LogP contribution in [0.5, 0.6) is 0 Å². The van der Waals surface area contributed by atoms with Crippen molar-refractivity contribution in [3.8, 4) is 0 Å². The average Bonchev–Trinajstić information content (AvgIpc) is 3.09. The van der Waals surface area contributed by atoms with Crippen LogP contribution in [0.3, 0.4) is 0 Å². The molecule has 2 rings (SSSR count). The molecule has 1 aliphatic rings. The van der Waals surface area contributed by atoms with Crippen LogP contribution in [0.2, 0.25) is 0 Å². The molecule has 6 heteroatoms. The molecule has 0 aromatic carbocycles. The molecule has 0 bridgehead atoms. The highest BCUT2D eigenvalue weighted by molar-refractivity contribution is 5.79. The van der Waals surface area contributed by atoms with Gasteiger partial charge in [-0.2, -0.15) is 0 Å². The Balaban J connectivity index is 1.72. The quantitative estimate of drug-likeness (QED) is 0.584. The van der Waals surface area contributed by atoms with Crippen LogP contribution in [-0.4, -0.2) is 47.9 Å². The summed E-state index contributed by atoms with van der Waals surface area (Å²) < 4.78 is 7.61. The Morgan fingerprint density at radius 1 is 1.53 bits per heavy atom. The van der Waals surface area contributed by atoms with E-state index in [9.17, 15) is 0 Å². The van der Waals surface area contributed by atoms with Crippen molar-refractivity contribution < 1.29 is 4.74 Å². The summed E-state index contributed by atoms with van der Waals surface area (Å²) in [4.78, 5) is 8.58. The van der Waals surface area contributed by atoms with Crippen molar-refractivity contribution in [1.82, 2.24) is 20.2 Å². The number of hydrogen-bond acceptors (Lipinski definition) is 3. The van der Waals surface area contributed by atoms with Gasteiger partial charge in [-0.1, -0.05) is 0 Å². The normalized spacial score (nSPS) is 19.6. The molecule has 1 saturated heterocycles. The third kappa shape index (κ3) is 4.90. The Labute approximate surface area is 114 Å². The van der Waals surface area contributed by atoms with Crippen molar-refractivity contribution in [3.63, 3.8) is 0 Å². The Morgan fingerprint density at radius 3 is 3.16 bits per heavy atom. The van der Waals surface area contributed by atoms with Gasteiger partial charge in [0.15, 0.2) is 5.96 Å². The smallest absolute Gasteiger partial charge is 0.191 e. The van der Waals surface area contributed by atoms with E-state index in [1.54, 1.807) is 6.20 Å². The summed E-state index contributed by atoms with van der Waals surface area (Å²) in [5.41, 5.74) is 0. The van der Waals surface area contributed by atoms with Crippen LogP contribution in [-0.2, 0) is 11.3 Å². The second kappa shape index (κ2) is 7.78. The first kappa shape index (κ1) is 13.9. The second-order valence-corrected chi connectivity index (χ2v) is 4.58. The SMILES string of the molecule is CCNC(=NCC1CCCO1)NCCn1ccnc1. The number of ether oxygens (including phenoxy) is 1. The molecule has 1 unspecified atom stereocenters. The molecule has 1 atom stereocenters. The van der Waals surface area contributed by atoms with Crippen LogP contribution >= 0.6 is 0 Å². The average molecular weight is 265 g/mol. The van der Waals surface area contributed by atoms with Gasteiger partial charge in [-0.3, -0.25) is 4.99 Å². The molecule has 6 nitrogen and oxygen atoms in total. The van der Waals surface area contributed by atoms with Crippen LogP contribution in [0.1, 0.15) is 19.8 Å². The molecular weight excluding hydrogens is 242 g/mol. The van der Waals surface area contributed by atoms with Gasteiger partial charge >= 0.3 is 0 Å². The number of guanidine groups is 1. The van der Waals surface area contributed by atoms with Crippen molar-refractivity contribution in [1.29, 1.82) is 0 Å². The van der Waals surface area contributed by atoms with E-state index in [2.05, 4.69) is 27.5 Å². The van der Waals surface area contributed by atoms with E-state index in [4.69, 9.17) is 4.74 Å². The van der Waals surface area contributed by atoms with E-state index in [1.165, 1.54) is 0 Å². The Hall–Kier alpha value is -1.56. The van der Waals surface area contributed by atoms with Gasteiger partial charge in [0.05, 0.1) is 19.0 Å². The molecule has 0 spiro atoms. The molecule has 1 aliphatic heterocycles. The fraction of sp³-hybridized carbons (Fsp3) is 0.692. The summed E-state index contributed by atoms with van der Waals surface area (Å²) in [5.74, 6) is 0.859. The van der Waals surface area contributed by atoms with Crippen molar-refractivity contribution >= 4 is 5.96 Å². The molecule has 2 heterocycles. The fourth-order valence-corrected chi connectivity index (χ4v) is 2.05. The van der Waals surface area contributed by atoms with Gasteiger partial charge in [0.25, 0.3) is 0 Å². The van der Waals surface area contributed by atoms with Gasteiger partial charge in [-0.25, -0.2) is 4.98 Å². The lowest BCUT2D eigenvalue weighted by atomic mass is 10.2. The fourth-order valence-electron chi connectivity index (χ4n) is 2.05. The summed E-state index contributed by atoms with van der Waals surface area (Å²) >= 11 is 0. The zero-order valence-corrected chi connectivity index (χ0v) is 11.5. The molecule has 0 saturated carbocycles. The van der Waals surface area contributed by atoms with Gasteiger partial charge in [-0.05, 0) is 19.8 Å². The third-order valence-corrected chi connectivity index (χ3v) is 3.04. The minimum atomic E-state index is 0.295. The third-order valence-electron chi connectivity index (χ3n) is 3.04. The maximum atomic E-state index is 5.57. The number of hydrogen-bond donors (Lipinski definition) is 2. The number of nitrogens with one attached hydrogen (secondary N) is 2. The summed E-state index contributed by atoms with van der Waals surface area (Å²) in [6.07, 6.45) is 8.14. The van der Waals surface area contributed by atoms with Gasteiger partial charge in [0.2, 0.25) is 0 Å². The highest BCUT2D eigenvalue weighted by atomic mass is 16.5. The summed E-state index contributed by atoms with van der Waals surface area (Å²) in [6, 6.07) is 0. The van der Waals surface area contributed by atoms with E-state index in [0.29, 0.717) is 6.10 Å². The molecule has 2 N–H and O–H groups in total. The first-order valence-corrected chi connectivity index (χ1v) is 6.98. The van der Waals surface area contributed by atoms with Crippen molar-refractivity contribution in [3.05, 3.63) is 18.7 Å². The first-order valence-electron chi connectivity index (χ1n) is 6.98. The van der Waals surface area contributed by atoms with E-state index in [-0.39, 0.29) is 0 Å². The molecule has 0 aliphatic carbocycles. The molecule has 1 fully saturated rings. The van der Waals surface area contributed by atoms with E-state index in [0.717, 1.165) is 51.6 Å². The van der Waals surface area contributed by atoms with Crippen LogP contribution in [0.15, 0.2) is 23.7 Å². The van der Waals surface area contributed by atoms with Crippen LogP contribution in [0, 0.1) is 0 Å². The van der Waals surface area contributed by atoms with Gasteiger partial charge in [0.1, 0.15) is 0 Å². The Bertz CT molecular complexity index is 370. The summed E-state index contributed by atoms with van der Waals surface area (Å²) in [7, 11) is 0. The number of aliphatic imine (C=N–C) groups is 1. The maximum absolute atomic E-state index is 5.57. The van der Waals surface area contributed by atoms with Crippen LogP contribution < -0.4 is 10.6 Å². The molecule has 0 amide bonds. The molecule has 1 aromatic rings. The van der Waals surface area contributed by atoms with Gasteiger partial charge < -0.3 is 19.9 Å². The molecule has 0 radical (unpaired) electrons. The molecule has 1 aromatic heterocycles. The molecule has 19 heavy (non-hydrogen) atoms. The van der Waals surface area contributed by atoms with Gasteiger partial charge in [0, 0.05) is 38.6 Å². The number of aromatic nitrogens is 2. The van der Waals surface area contributed by atoms with Crippen molar-refractivity contribution in [2.75, 3.05) is 26.2 Å². The Kier molecular flexibility index (Phi) is 5.68. The lowest BCUT2D eigenvalue weighted by Gasteiger charge is -2.13.